The summed E-state index contributed by atoms with van der Waals surface area (Å²) in [6.45, 7) is 6.55. The highest BCUT2D eigenvalue weighted by molar-refractivity contribution is 5.29. The number of nitrogen functional groups attached to an aromatic ring is 1. The minimum absolute atomic E-state index is 0.183. The van der Waals surface area contributed by atoms with Gasteiger partial charge in [-0.3, -0.25) is 5.10 Å². The molecule has 1 aromatic heterocycles. The maximum absolute atomic E-state index is 5.52. The van der Waals surface area contributed by atoms with Gasteiger partial charge >= 0.3 is 0 Å². The van der Waals surface area contributed by atoms with E-state index in [-0.39, 0.29) is 5.92 Å². The zero-order valence-corrected chi connectivity index (χ0v) is 11.1. The van der Waals surface area contributed by atoms with Crippen molar-refractivity contribution in [2.75, 3.05) is 5.73 Å². The van der Waals surface area contributed by atoms with E-state index in [1.807, 2.05) is 0 Å². The molecule has 2 rings (SSSR count). The van der Waals surface area contributed by atoms with Crippen LogP contribution in [0.1, 0.15) is 43.6 Å². The van der Waals surface area contributed by atoms with Gasteiger partial charge in [-0.15, -0.1) is 5.10 Å². The summed E-state index contributed by atoms with van der Waals surface area (Å²) in [5, 5.41) is 6.73. The van der Waals surface area contributed by atoms with Crippen molar-refractivity contribution in [3.05, 3.63) is 41.2 Å². The minimum Gasteiger partial charge on any atom is -0.367 e. The van der Waals surface area contributed by atoms with Crippen molar-refractivity contribution in [2.45, 2.75) is 33.1 Å². The maximum atomic E-state index is 5.52. The number of benzene rings is 1. The highest BCUT2D eigenvalue weighted by Crippen LogP contribution is 2.22. The number of hydrogen-bond donors (Lipinski definition) is 2. The largest absolute Gasteiger partial charge is 0.367 e. The molecule has 0 aliphatic carbocycles. The van der Waals surface area contributed by atoms with E-state index in [2.05, 4.69) is 60.2 Å². The van der Waals surface area contributed by atoms with Crippen molar-refractivity contribution in [1.82, 2.24) is 15.2 Å². The third-order valence-corrected chi connectivity index (χ3v) is 3.05. The van der Waals surface area contributed by atoms with Gasteiger partial charge in [0.25, 0.3) is 0 Å². The lowest BCUT2D eigenvalue weighted by molar-refractivity contribution is 0.647. The van der Waals surface area contributed by atoms with Crippen LogP contribution in [0.15, 0.2) is 24.3 Å². The monoisotopic (exact) mass is 244 g/mol. The number of nitrogens with two attached hydrogens (primary N) is 1. The van der Waals surface area contributed by atoms with Gasteiger partial charge in [-0.25, -0.2) is 0 Å². The highest BCUT2D eigenvalue weighted by Gasteiger charge is 2.12. The van der Waals surface area contributed by atoms with Gasteiger partial charge in [-0.05, 0) is 23.5 Å². The quantitative estimate of drug-likeness (QED) is 0.869. The fourth-order valence-electron chi connectivity index (χ4n) is 2.05. The Morgan fingerprint density at radius 2 is 1.83 bits per heavy atom. The first-order valence-electron chi connectivity index (χ1n) is 6.33. The number of nitrogens with one attached hydrogen (secondary N) is 1. The van der Waals surface area contributed by atoms with Crippen LogP contribution in [0.3, 0.4) is 0 Å². The summed E-state index contributed by atoms with van der Waals surface area (Å²) < 4.78 is 0. The number of H-pyrrole nitrogens is 1. The molecule has 3 N–H and O–H groups in total. The molecule has 0 aliphatic heterocycles. The van der Waals surface area contributed by atoms with E-state index in [1.165, 1.54) is 11.1 Å². The normalized spacial score (nSPS) is 12.9. The number of anilines is 1. The van der Waals surface area contributed by atoms with E-state index >= 15 is 0 Å². The van der Waals surface area contributed by atoms with Crippen LogP contribution in [0.5, 0.6) is 0 Å². The molecular weight excluding hydrogens is 224 g/mol. The van der Waals surface area contributed by atoms with Crippen LogP contribution in [0.4, 0.5) is 5.95 Å². The predicted octanol–water partition coefficient (Wildman–Crippen LogP) is 2.74. The van der Waals surface area contributed by atoms with Gasteiger partial charge in [0.1, 0.15) is 5.82 Å². The second kappa shape index (κ2) is 5.21. The standard InChI is InChI=1S/C14H20N4/c1-9(2)8-11-4-6-12(7-5-11)10(3)13-16-14(15)18-17-13/h4-7,9-10H,8H2,1-3H3,(H3,15,16,17,18)/t10-/m1/s1. The smallest absolute Gasteiger partial charge is 0.239 e. The highest BCUT2D eigenvalue weighted by atomic mass is 15.3. The molecule has 0 unspecified atom stereocenters. The Morgan fingerprint density at radius 1 is 1.17 bits per heavy atom. The summed E-state index contributed by atoms with van der Waals surface area (Å²) in [6.07, 6.45) is 1.11. The number of aromatic nitrogens is 3. The molecule has 4 heteroatoms. The minimum atomic E-state index is 0.183. The summed E-state index contributed by atoms with van der Waals surface area (Å²) in [5.41, 5.74) is 8.11. The van der Waals surface area contributed by atoms with Gasteiger partial charge in [0.15, 0.2) is 0 Å². The average Bonchev–Trinajstić information content (AvgIpc) is 2.75. The van der Waals surface area contributed by atoms with E-state index in [0.29, 0.717) is 11.9 Å². The summed E-state index contributed by atoms with van der Waals surface area (Å²) in [5.74, 6) is 1.97. The van der Waals surface area contributed by atoms with E-state index < -0.39 is 0 Å². The van der Waals surface area contributed by atoms with Crippen LogP contribution in [-0.4, -0.2) is 15.2 Å². The third kappa shape index (κ3) is 2.88. The molecule has 2 aromatic rings. The summed E-state index contributed by atoms with van der Waals surface area (Å²) in [7, 11) is 0. The fourth-order valence-corrected chi connectivity index (χ4v) is 2.05. The first kappa shape index (κ1) is 12.6. The summed E-state index contributed by atoms with van der Waals surface area (Å²) >= 11 is 0. The Hall–Kier alpha value is -1.84. The van der Waals surface area contributed by atoms with E-state index in [4.69, 9.17) is 5.73 Å². The second-order valence-corrected chi connectivity index (χ2v) is 5.14. The van der Waals surface area contributed by atoms with Crippen LogP contribution in [-0.2, 0) is 6.42 Å². The molecule has 0 spiro atoms. The van der Waals surface area contributed by atoms with Crippen LogP contribution in [0.25, 0.3) is 0 Å². The molecule has 1 atom stereocenters. The first-order chi connectivity index (χ1) is 8.56. The fraction of sp³-hybridized carbons (Fsp3) is 0.429. The average molecular weight is 244 g/mol. The van der Waals surface area contributed by atoms with Gasteiger partial charge in [0.05, 0.1) is 0 Å². The SMILES string of the molecule is CC(C)Cc1ccc([C@@H](C)c2nc(N)n[nH]2)cc1. The van der Waals surface area contributed by atoms with Gasteiger partial charge < -0.3 is 5.73 Å². The zero-order valence-electron chi connectivity index (χ0n) is 11.1. The lowest BCUT2D eigenvalue weighted by atomic mass is 9.96. The van der Waals surface area contributed by atoms with Crippen molar-refractivity contribution < 1.29 is 0 Å². The van der Waals surface area contributed by atoms with Crippen LogP contribution >= 0.6 is 0 Å². The van der Waals surface area contributed by atoms with Crippen molar-refractivity contribution in [3.8, 4) is 0 Å². The molecule has 0 radical (unpaired) electrons. The molecule has 0 fully saturated rings. The van der Waals surface area contributed by atoms with Gasteiger partial charge in [0, 0.05) is 5.92 Å². The number of hydrogen-bond acceptors (Lipinski definition) is 3. The van der Waals surface area contributed by atoms with E-state index in [9.17, 15) is 0 Å². The number of aromatic amines is 1. The molecule has 0 bridgehead atoms. The summed E-state index contributed by atoms with van der Waals surface area (Å²) in [6, 6.07) is 8.68. The molecule has 18 heavy (non-hydrogen) atoms. The molecule has 1 aromatic carbocycles. The van der Waals surface area contributed by atoms with Gasteiger partial charge in [0.2, 0.25) is 5.95 Å². The first-order valence-corrected chi connectivity index (χ1v) is 6.33. The molecule has 0 saturated heterocycles. The van der Waals surface area contributed by atoms with E-state index in [1.54, 1.807) is 0 Å². The van der Waals surface area contributed by atoms with Crippen LogP contribution in [0.2, 0.25) is 0 Å². The lowest BCUT2D eigenvalue weighted by Gasteiger charge is -2.10. The third-order valence-electron chi connectivity index (χ3n) is 3.05. The Morgan fingerprint density at radius 3 is 2.33 bits per heavy atom. The van der Waals surface area contributed by atoms with Crippen molar-refractivity contribution >= 4 is 5.95 Å². The predicted molar refractivity (Wildman–Crippen MR) is 73.3 cm³/mol. The number of nitrogens with zero attached hydrogens (tertiary/aromatic N) is 2. The molecule has 1 heterocycles. The maximum Gasteiger partial charge on any atom is 0.239 e. The van der Waals surface area contributed by atoms with Crippen molar-refractivity contribution in [3.63, 3.8) is 0 Å². The Labute approximate surface area is 108 Å². The molecule has 0 amide bonds. The molecule has 4 nitrogen and oxygen atoms in total. The van der Waals surface area contributed by atoms with Crippen LogP contribution in [0, 0.1) is 5.92 Å². The number of rotatable bonds is 4. The van der Waals surface area contributed by atoms with Crippen molar-refractivity contribution in [1.29, 1.82) is 0 Å². The second-order valence-electron chi connectivity index (χ2n) is 5.14. The molecule has 0 aliphatic rings. The van der Waals surface area contributed by atoms with Gasteiger partial charge in [-0.1, -0.05) is 45.0 Å². The molecule has 0 saturated carbocycles. The van der Waals surface area contributed by atoms with Crippen molar-refractivity contribution in [2.24, 2.45) is 5.92 Å². The lowest BCUT2D eigenvalue weighted by Crippen LogP contribution is -2.00. The molecule has 96 valence electrons. The topological polar surface area (TPSA) is 67.6 Å². The van der Waals surface area contributed by atoms with Gasteiger partial charge in [-0.2, -0.15) is 4.98 Å². The Kier molecular flexibility index (Phi) is 3.65. The van der Waals surface area contributed by atoms with E-state index in [0.717, 1.165) is 12.2 Å². The Balaban J connectivity index is 2.14. The summed E-state index contributed by atoms with van der Waals surface area (Å²) in [4.78, 5) is 4.17. The van der Waals surface area contributed by atoms with Crippen LogP contribution < -0.4 is 5.73 Å². The zero-order chi connectivity index (χ0) is 13.1. The molecular formula is C14H20N4. The Bertz CT molecular complexity index is 499.